The number of carbonyl (C=O) groups is 2. The minimum atomic E-state index is -0.364. The van der Waals surface area contributed by atoms with E-state index in [4.69, 9.17) is 14.2 Å². The summed E-state index contributed by atoms with van der Waals surface area (Å²) >= 11 is 0. The Labute approximate surface area is 182 Å². The van der Waals surface area contributed by atoms with E-state index in [9.17, 15) is 9.59 Å². The normalized spacial score (nSPS) is 15.2. The molecule has 8 nitrogen and oxygen atoms in total. The molecule has 1 aliphatic heterocycles. The van der Waals surface area contributed by atoms with Gasteiger partial charge in [0.15, 0.2) is 0 Å². The van der Waals surface area contributed by atoms with Crippen molar-refractivity contribution in [2.45, 2.75) is 31.9 Å². The Hall–Kier alpha value is -3.26. The molecule has 1 atom stereocenters. The van der Waals surface area contributed by atoms with E-state index in [1.165, 1.54) is 0 Å². The third-order valence-electron chi connectivity index (χ3n) is 4.86. The molecule has 1 aliphatic rings. The third-order valence-corrected chi connectivity index (χ3v) is 4.86. The highest BCUT2D eigenvalue weighted by atomic mass is 16.5. The van der Waals surface area contributed by atoms with Crippen molar-refractivity contribution in [3.63, 3.8) is 0 Å². The van der Waals surface area contributed by atoms with Crippen molar-refractivity contribution in [1.29, 1.82) is 0 Å². The first-order valence-corrected chi connectivity index (χ1v) is 10.4. The minimum Gasteiger partial charge on any atom is -0.497 e. The molecule has 1 fully saturated rings. The van der Waals surface area contributed by atoms with Crippen molar-refractivity contribution in [3.05, 3.63) is 54.1 Å². The zero-order valence-corrected chi connectivity index (χ0v) is 17.7. The maximum Gasteiger partial charge on any atom is 0.319 e. The summed E-state index contributed by atoms with van der Waals surface area (Å²) in [5, 5.41) is 8.21. The van der Waals surface area contributed by atoms with Gasteiger partial charge in [-0.3, -0.25) is 4.79 Å². The number of carbonyl (C=O) groups excluding carboxylic acids is 2. The molecule has 2 aromatic carbocycles. The van der Waals surface area contributed by atoms with Crippen LogP contribution in [0.5, 0.6) is 11.5 Å². The number of rotatable bonds is 10. The van der Waals surface area contributed by atoms with E-state index in [0.717, 1.165) is 30.8 Å². The third kappa shape index (κ3) is 7.82. The molecule has 1 saturated heterocycles. The summed E-state index contributed by atoms with van der Waals surface area (Å²) in [6.07, 6.45) is 2.52. The van der Waals surface area contributed by atoms with Crippen molar-refractivity contribution in [2.75, 3.05) is 32.2 Å². The van der Waals surface area contributed by atoms with Gasteiger partial charge in [0.1, 0.15) is 18.1 Å². The Kier molecular flexibility index (Phi) is 8.54. The maximum atomic E-state index is 12.0. The zero-order valence-electron chi connectivity index (χ0n) is 17.7. The second-order valence-corrected chi connectivity index (χ2v) is 7.23. The predicted octanol–water partition coefficient (Wildman–Crippen LogP) is 3.08. The van der Waals surface area contributed by atoms with Crippen LogP contribution in [0.25, 0.3) is 0 Å². The molecule has 3 rings (SSSR count). The lowest BCUT2D eigenvalue weighted by Crippen LogP contribution is -2.33. The Morgan fingerprint density at radius 1 is 1.03 bits per heavy atom. The molecule has 0 saturated carbocycles. The average Bonchev–Trinajstić information content (AvgIpc) is 3.31. The molecule has 0 radical (unpaired) electrons. The van der Waals surface area contributed by atoms with Crippen LogP contribution < -0.4 is 25.4 Å². The number of hydrogen-bond acceptors (Lipinski definition) is 5. The van der Waals surface area contributed by atoms with Gasteiger partial charge in [-0.1, -0.05) is 12.1 Å². The maximum absolute atomic E-state index is 12.0. The van der Waals surface area contributed by atoms with Crippen molar-refractivity contribution in [2.24, 2.45) is 0 Å². The van der Waals surface area contributed by atoms with Gasteiger partial charge >= 0.3 is 6.03 Å². The van der Waals surface area contributed by atoms with Crippen LogP contribution in [0.1, 0.15) is 24.8 Å². The monoisotopic (exact) mass is 427 g/mol. The smallest absolute Gasteiger partial charge is 0.319 e. The molecule has 3 amide bonds. The SMILES string of the molecule is COc1ccc(NC(=O)NCCC(=O)NCc2ccc(OCC3CCCO3)cc2)cc1. The van der Waals surface area contributed by atoms with Gasteiger partial charge < -0.3 is 30.2 Å². The molecule has 31 heavy (non-hydrogen) atoms. The Morgan fingerprint density at radius 2 is 1.77 bits per heavy atom. The summed E-state index contributed by atoms with van der Waals surface area (Å²) in [5.41, 5.74) is 1.62. The van der Waals surface area contributed by atoms with Crippen LogP contribution in [0.2, 0.25) is 0 Å². The fourth-order valence-electron chi connectivity index (χ4n) is 3.10. The second kappa shape index (κ2) is 11.8. The molecule has 2 aromatic rings. The van der Waals surface area contributed by atoms with E-state index in [0.29, 0.717) is 24.6 Å². The van der Waals surface area contributed by atoms with E-state index in [2.05, 4.69) is 16.0 Å². The van der Waals surface area contributed by atoms with E-state index >= 15 is 0 Å². The van der Waals surface area contributed by atoms with Gasteiger partial charge in [0, 0.05) is 31.8 Å². The van der Waals surface area contributed by atoms with Gasteiger partial charge in [0.25, 0.3) is 0 Å². The van der Waals surface area contributed by atoms with Crippen LogP contribution >= 0.6 is 0 Å². The van der Waals surface area contributed by atoms with Gasteiger partial charge in [0.2, 0.25) is 5.91 Å². The second-order valence-electron chi connectivity index (χ2n) is 7.23. The number of hydrogen-bond donors (Lipinski definition) is 3. The highest BCUT2D eigenvalue weighted by molar-refractivity contribution is 5.89. The van der Waals surface area contributed by atoms with Gasteiger partial charge in [-0.2, -0.15) is 0 Å². The number of nitrogens with one attached hydrogen (secondary N) is 3. The van der Waals surface area contributed by atoms with Gasteiger partial charge in [-0.15, -0.1) is 0 Å². The molecule has 0 bridgehead atoms. The highest BCUT2D eigenvalue weighted by Crippen LogP contribution is 2.17. The number of benzene rings is 2. The summed E-state index contributed by atoms with van der Waals surface area (Å²) in [7, 11) is 1.58. The number of methoxy groups -OCH3 is 1. The Morgan fingerprint density at radius 3 is 2.45 bits per heavy atom. The van der Waals surface area contributed by atoms with Crippen LogP contribution in [0.3, 0.4) is 0 Å². The molecule has 0 aliphatic carbocycles. The molecular weight excluding hydrogens is 398 g/mol. The van der Waals surface area contributed by atoms with E-state index in [-0.39, 0.29) is 31.0 Å². The quantitative estimate of drug-likeness (QED) is 0.541. The van der Waals surface area contributed by atoms with Crippen LogP contribution in [0, 0.1) is 0 Å². The summed E-state index contributed by atoms with van der Waals surface area (Å²) in [4.78, 5) is 23.9. The summed E-state index contributed by atoms with van der Waals surface area (Å²) < 4.78 is 16.3. The molecule has 3 N–H and O–H groups in total. The van der Waals surface area contributed by atoms with Crippen LogP contribution in [-0.4, -0.2) is 44.9 Å². The van der Waals surface area contributed by atoms with Crippen molar-refractivity contribution in [1.82, 2.24) is 10.6 Å². The largest absolute Gasteiger partial charge is 0.497 e. The number of amides is 3. The summed E-state index contributed by atoms with van der Waals surface area (Å²) in [5.74, 6) is 1.37. The predicted molar refractivity (Wildman–Crippen MR) is 117 cm³/mol. The molecular formula is C23H29N3O5. The molecule has 0 spiro atoms. The zero-order chi connectivity index (χ0) is 21.9. The molecule has 1 heterocycles. The average molecular weight is 428 g/mol. The summed E-state index contributed by atoms with van der Waals surface area (Å²) in [6, 6.07) is 14.3. The fourth-order valence-corrected chi connectivity index (χ4v) is 3.10. The number of ether oxygens (including phenoxy) is 3. The van der Waals surface area contributed by atoms with Crippen molar-refractivity contribution < 1.29 is 23.8 Å². The first-order valence-electron chi connectivity index (χ1n) is 10.4. The highest BCUT2D eigenvalue weighted by Gasteiger charge is 2.15. The van der Waals surface area contributed by atoms with E-state index in [1.807, 2.05) is 24.3 Å². The van der Waals surface area contributed by atoms with Crippen molar-refractivity contribution in [3.8, 4) is 11.5 Å². The summed E-state index contributed by atoms with van der Waals surface area (Å²) in [6.45, 7) is 2.04. The van der Waals surface area contributed by atoms with Crippen LogP contribution in [0.15, 0.2) is 48.5 Å². The number of urea groups is 1. The van der Waals surface area contributed by atoms with E-state index in [1.54, 1.807) is 31.4 Å². The topological polar surface area (TPSA) is 97.9 Å². The molecule has 8 heteroatoms. The fraction of sp³-hybridized carbons (Fsp3) is 0.391. The van der Waals surface area contributed by atoms with Crippen molar-refractivity contribution >= 4 is 17.6 Å². The van der Waals surface area contributed by atoms with Gasteiger partial charge in [-0.25, -0.2) is 4.79 Å². The van der Waals surface area contributed by atoms with Crippen LogP contribution in [-0.2, 0) is 16.1 Å². The Balaban J connectivity index is 1.29. The minimum absolute atomic E-state index is 0.136. The molecule has 1 unspecified atom stereocenters. The van der Waals surface area contributed by atoms with Gasteiger partial charge in [0.05, 0.1) is 13.2 Å². The first kappa shape index (κ1) is 22.4. The Bertz CT molecular complexity index is 833. The first-order chi connectivity index (χ1) is 15.1. The number of anilines is 1. The lowest BCUT2D eigenvalue weighted by atomic mass is 10.2. The van der Waals surface area contributed by atoms with Gasteiger partial charge in [-0.05, 0) is 54.8 Å². The lowest BCUT2D eigenvalue weighted by molar-refractivity contribution is -0.121. The standard InChI is InChI=1S/C23H29N3O5/c1-29-19-10-6-18(7-11-19)26-23(28)24-13-12-22(27)25-15-17-4-8-20(9-5-17)31-16-21-3-2-14-30-21/h4-11,21H,2-3,12-16H2,1H3,(H,25,27)(H2,24,26,28). The van der Waals surface area contributed by atoms with Crippen LogP contribution in [0.4, 0.5) is 10.5 Å². The lowest BCUT2D eigenvalue weighted by Gasteiger charge is -2.12. The molecule has 166 valence electrons. The molecule has 0 aromatic heterocycles. The van der Waals surface area contributed by atoms with E-state index < -0.39 is 0 Å².